The Morgan fingerprint density at radius 3 is 2.17 bits per heavy atom. The van der Waals surface area contributed by atoms with Crippen LogP contribution in [-0.4, -0.2) is 0 Å². The molecule has 0 aliphatic heterocycles. The molecule has 1 rings (SSSR count). The maximum Gasteiger partial charge on any atom is 0.416 e. The number of rotatable bonds is 0. The van der Waals surface area contributed by atoms with Crippen LogP contribution in [-0.2, 0) is 6.18 Å². The molecule has 1 aromatic rings. The molecule has 1 N–H and O–H groups in total. The molecule has 12 heavy (non-hydrogen) atoms. The van der Waals surface area contributed by atoms with E-state index in [1.807, 2.05) is 0 Å². The van der Waals surface area contributed by atoms with E-state index < -0.39 is 23.2 Å². The van der Waals surface area contributed by atoms with E-state index in [9.17, 15) is 17.6 Å². The molecular weight excluding hydrogens is 174 g/mol. The van der Waals surface area contributed by atoms with Gasteiger partial charge < -0.3 is 0 Å². The Bertz CT molecular complexity index is 292. The molecule has 1 aromatic carbocycles. The van der Waals surface area contributed by atoms with Crippen molar-refractivity contribution >= 4 is 5.69 Å². The van der Waals surface area contributed by atoms with E-state index in [0.29, 0.717) is 12.1 Å². The van der Waals surface area contributed by atoms with E-state index in [2.05, 4.69) is 0 Å². The van der Waals surface area contributed by atoms with Crippen LogP contribution in [0, 0.1) is 5.82 Å². The van der Waals surface area contributed by atoms with Gasteiger partial charge in [-0.2, -0.15) is 13.2 Å². The van der Waals surface area contributed by atoms with Gasteiger partial charge in [0.25, 0.3) is 0 Å². The van der Waals surface area contributed by atoms with Crippen molar-refractivity contribution in [3.05, 3.63) is 29.6 Å². The minimum Gasteiger partial charge on any atom is -0.298 e. The van der Waals surface area contributed by atoms with E-state index in [1.54, 1.807) is 0 Å². The molecular formula is C7H4F4N. The lowest BCUT2D eigenvalue weighted by Crippen LogP contribution is -2.04. The second kappa shape index (κ2) is 2.66. The Hall–Kier alpha value is -1.26. The molecule has 5 heteroatoms. The summed E-state index contributed by atoms with van der Waals surface area (Å²) in [6, 6.07) is 1.76. The standard InChI is InChI=1S/C7H4F4N/c8-5-3-4(7(9,10)11)1-2-6(5)12/h1-3,12H. The van der Waals surface area contributed by atoms with Crippen molar-refractivity contribution in [1.29, 1.82) is 0 Å². The maximum atomic E-state index is 12.4. The van der Waals surface area contributed by atoms with Crippen molar-refractivity contribution in [1.82, 2.24) is 5.73 Å². The number of alkyl halides is 3. The fourth-order valence-corrected chi connectivity index (χ4v) is 0.691. The Morgan fingerprint density at radius 2 is 1.75 bits per heavy atom. The van der Waals surface area contributed by atoms with Crippen LogP contribution >= 0.6 is 0 Å². The van der Waals surface area contributed by atoms with Gasteiger partial charge in [-0.3, -0.25) is 5.73 Å². The zero-order chi connectivity index (χ0) is 9.35. The predicted molar refractivity (Wildman–Crippen MR) is 34.2 cm³/mol. The summed E-state index contributed by atoms with van der Waals surface area (Å²) in [5.41, 5.74) is 5.17. The van der Waals surface area contributed by atoms with Gasteiger partial charge in [-0.25, -0.2) is 4.39 Å². The summed E-state index contributed by atoms with van der Waals surface area (Å²) in [6.07, 6.45) is -4.55. The third kappa shape index (κ3) is 1.66. The highest BCUT2D eigenvalue weighted by Gasteiger charge is 2.30. The average molecular weight is 178 g/mol. The molecule has 0 spiro atoms. The average Bonchev–Trinajstić information content (AvgIpc) is 1.92. The van der Waals surface area contributed by atoms with Crippen LogP contribution < -0.4 is 5.73 Å². The van der Waals surface area contributed by atoms with E-state index in [1.165, 1.54) is 0 Å². The number of benzene rings is 1. The van der Waals surface area contributed by atoms with Gasteiger partial charge in [0.15, 0.2) is 0 Å². The van der Waals surface area contributed by atoms with Crippen LogP contribution in [0.2, 0.25) is 0 Å². The molecule has 0 saturated heterocycles. The molecule has 0 unspecified atom stereocenters. The Labute approximate surface area is 65.8 Å². The molecule has 65 valence electrons. The molecule has 1 nitrogen and oxygen atoms in total. The molecule has 0 saturated carbocycles. The Kier molecular flexibility index (Phi) is 1.95. The van der Waals surface area contributed by atoms with Crippen LogP contribution in [0.5, 0.6) is 0 Å². The van der Waals surface area contributed by atoms with Crippen molar-refractivity contribution in [2.75, 3.05) is 0 Å². The van der Waals surface area contributed by atoms with Gasteiger partial charge in [-0.05, 0) is 18.2 Å². The summed E-state index contributed by atoms with van der Waals surface area (Å²) >= 11 is 0. The van der Waals surface area contributed by atoms with Crippen LogP contribution in [0.15, 0.2) is 18.2 Å². The van der Waals surface area contributed by atoms with E-state index in [0.717, 1.165) is 6.07 Å². The van der Waals surface area contributed by atoms with Crippen LogP contribution in [0.25, 0.3) is 0 Å². The lowest BCUT2D eigenvalue weighted by molar-refractivity contribution is -0.137. The van der Waals surface area contributed by atoms with Gasteiger partial charge in [0.1, 0.15) is 5.82 Å². The minimum atomic E-state index is -4.55. The molecule has 0 aliphatic carbocycles. The molecule has 0 bridgehead atoms. The predicted octanol–water partition coefficient (Wildman–Crippen LogP) is 2.76. The van der Waals surface area contributed by atoms with Gasteiger partial charge in [0.05, 0.1) is 11.3 Å². The van der Waals surface area contributed by atoms with Crippen LogP contribution in [0.3, 0.4) is 0 Å². The fraction of sp³-hybridized carbons (Fsp3) is 0.143. The van der Waals surface area contributed by atoms with E-state index in [-0.39, 0.29) is 0 Å². The number of hydrogen-bond acceptors (Lipinski definition) is 0. The van der Waals surface area contributed by atoms with Crippen molar-refractivity contribution in [3.63, 3.8) is 0 Å². The third-order valence-corrected chi connectivity index (χ3v) is 1.30. The number of nitrogens with one attached hydrogen (secondary N) is 1. The second-order valence-corrected chi connectivity index (χ2v) is 2.19. The second-order valence-electron chi connectivity index (χ2n) is 2.19. The first kappa shape index (κ1) is 8.83. The molecule has 1 radical (unpaired) electrons. The van der Waals surface area contributed by atoms with Crippen LogP contribution in [0.1, 0.15) is 5.56 Å². The first-order valence-corrected chi connectivity index (χ1v) is 2.99. The van der Waals surface area contributed by atoms with Crippen molar-refractivity contribution in [2.24, 2.45) is 0 Å². The first-order valence-electron chi connectivity index (χ1n) is 2.99. The summed E-state index contributed by atoms with van der Waals surface area (Å²) in [6.45, 7) is 0. The molecule has 0 fully saturated rings. The highest BCUT2D eigenvalue weighted by molar-refractivity contribution is 5.38. The lowest BCUT2D eigenvalue weighted by Gasteiger charge is -2.06. The quantitative estimate of drug-likeness (QED) is 0.545. The van der Waals surface area contributed by atoms with Gasteiger partial charge in [0.2, 0.25) is 0 Å². The monoisotopic (exact) mass is 178 g/mol. The molecule has 0 aromatic heterocycles. The first-order chi connectivity index (χ1) is 5.41. The van der Waals surface area contributed by atoms with Crippen molar-refractivity contribution < 1.29 is 17.6 Å². The third-order valence-electron chi connectivity index (χ3n) is 1.30. The highest BCUT2D eigenvalue weighted by Crippen LogP contribution is 2.30. The Balaban J connectivity index is 3.14. The van der Waals surface area contributed by atoms with E-state index >= 15 is 0 Å². The zero-order valence-electron chi connectivity index (χ0n) is 5.74. The number of hydrogen-bond donors (Lipinski definition) is 0. The molecule has 0 heterocycles. The smallest absolute Gasteiger partial charge is 0.298 e. The minimum absolute atomic E-state index is 0.308. The van der Waals surface area contributed by atoms with Gasteiger partial charge in [-0.1, -0.05) is 0 Å². The largest absolute Gasteiger partial charge is 0.416 e. The Morgan fingerprint density at radius 1 is 1.17 bits per heavy atom. The van der Waals surface area contributed by atoms with Gasteiger partial charge in [0, 0.05) is 0 Å². The summed E-state index contributed by atoms with van der Waals surface area (Å²) in [5.74, 6) is -1.16. The summed E-state index contributed by atoms with van der Waals surface area (Å²) in [4.78, 5) is 0. The molecule has 0 amide bonds. The lowest BCUT2D eigenvalue weighted by atomic mass is 10.2. The van der Waals surface area contributed by atoms with Crippen molar-refractivity contribution in [2.45, 2.75) is 6.18 Å². The summed E-state index contributed by atoms with van der Waals surface area (Å²) in [5, 5.41) is 0. The van der Waals surface area contributed by atoms with Crippen LogP contribution in [0.4, 0.5) is 23.2 Å². The van der Waals surface area contributed by atoms with E-state index in [4.69, 9.17) is 5.73 Å². The summed E-state index contributed by atoms with van der Waals surface area (Å²) < 4.78 is 48.0. The van der Waals surface area contributed by atoms with Gasteiger partial charge in [-0.15, -0.1) is 0 Å². The van der Waals surface area contributed by atoms with Gasteiger partial charge >= 0.3 is 6.18 Å². The highest BCUT2D eigenvalue weighted by atomic mass is 19.4. The molecule has 0 atom stereocenters. The summed E-state index contributed by atoms with van der Waals surface area (Å²) in [7, 11) is 0. The fourth-order valence-electron chi connectivity index (χ4n) is 0.691. The number of halogens is 4. The topological polar surface area (TPSA) is 23.8 Å². The SMILES string of the molecule is [NH]c1ccc(C(F)(F)F)cc1F. The molecule has 0 aliphatic rings. The normalized spacial score (nSPS) is 11.7. The van der Waals surface area contributed by atoms with Crippen molar-refractivity contribution in [3.8, 4) is 0 Å². The zero-order valence-corrected chi connectivity index (χ0v) is 5.74. The maximum absolute atomic E-state index is 12.4.